The molecule has 0 amide bonds. The molecule has 1 aromatic carbocycles. The monoisotopic (exact) mass is 285 g/mol. The van der Waals surface area contributed by atoms with E-state index in [-0.39, 0.29) is 6.04 Å². The van der Waals surface area contributed by atoms with Gasteiger partial charge in [-0.2, -0.15) is 8.75 Å². The highest BCUT2D eigenvalue weighted by Gasteiger charge is 2.17. The van der Waals surface area contributed by atoms with E-state index >= 15 is 0 Å². The van der Waals surface area contributed by atoms with Crippen LogP contribution in [0, 0.1) is 5.92 Å². The predicted octanol–water partition coefficient (Wildman–Crippen LogP) is 3.43. The number of aromatic nitrogens is 2. The Labute approximate surface area is 116 Å². The zero-order valence-corrected chi connectivity index (χ0v) is 12.2. The lowest BCUT2D eigenvalue weighted by Gasteiger charge is -2.23. The Morgan fingerprint density at radius 3 is 2.83 bits per heavy atom. The molecule has 0 saturated heterocycles. The molecule has 0 spiro atoms. The van der Waals surface area contributed by atoms with Crippen LogP contribution in [-0.2, 0) is 4.74 Å². The zero-order valence-electron chi connectivity index (χ0n) is 10.6. The summed E-state index contributed by atoms with van der Waals surface area (Å²) < 4.78 is 13.7. The number of nitrogens with zero attached hydrogens (tertiary/aromatic N) is 2. The van der Waals surface area contributed by atoms with Gasteiger partial charge in [0.15, 0.2) is 0 Å². The Balaban J connectivity index is 2.34. The van der Waals surface area contributed by atoms with Crippen molar-refractivity contribution in [2.45, 2.75) is 19.9 Å². The van der Waals surface area contributed by atoms with E-state index in [0.29, 0.717) is 17.5 Å². The molecule has 1 heterocycles. The second-order valence-corrected chi connectivity index (χ2v) is 5.44. The summed E-state index contributed by atoms with van der Waals surface area (Å²) in [6, 6.07) is 3.92. The summed E-state index contributed by atoms with van der Waals surface area (Å²) in [7, 11) is 1.70. The van der Waals surface area contributed by atoms with Crippen molar-refractivity contribution in [3.63, 3.8) is 0 Å². The van der Waals surface area contributed by atoms with Crippen LogP contribution in [-0.4, -0.2) is 28.5 Å². The Morgan fingerprint density at radius 1 is 1.39 bits per heavy atom. The van der Waals surface area contributed by atoms with E-state index in [9.17, 15) is 0 Å². The van der Waals surface area contributed by atoms with Crippen LogP contribution in [0.15, 0.2) is 12.1 Å². The first-order valence-corrected chi connectivity index (χ1v) is 6.90. The molecule has 0 fully saturated rings. The van der Waals surface area contributed by atoms with Gasteiger partial charge < -0.3 is 10.1 Å². The first-order valence-electron chi connectivity index (χ1n) is 5.79. The average Bonchev–Trinajstić information content (AvgIpc) is 2.79. The maximum atomic E-state index is 6.24. The highest BCUT2D eigenvalue weighted by atomic mass is 35.5. The highest BCUT2D eigenvalue weighted by Crippen LogP contribution is 2.31. The lowest BCUT2D eigenvalue weighted by Crippen LogP contribution is -2.30. The molecule has 18 heavy (non-hydrogen) atoms. The summed E-state index contributed by atoms with van der Waals surface area (Å²) >= 11 is 7.44. The third kappa shape index (κ3) is 2.74. The smallest absolute Gasteiger partial charge is 0.129 e. The number of nitrogens with one attached hydrogen (secondary N) is 1. The minimum atomic E-state index is 0.194. The summed E-state index contributed by atoms with van der Waals surface area (Å²) in [6.45, 7) is 4.91. The van der Waals surface area contributed by atoms with Crippen molar-refractivity contribution in [2.24, 2.45) is 5.92 Å². The molecular formula is C12H16ClN3OS. The summed E-state index contributed by atoms with van der Waals surface area (Å²) in [4.78, 5) is 0. The predicted molar refractivity (Wildman–Crippen MR) is 76.5 cm³/mol. The van der Waals surface area contributed by atoms with Crippen LogP contribution in [0.25, 0.3) is 11.0 Å². The summed E-state index contributed by atoms with van der Waals surface area (Å²) in [5.74, 6) is 0.433. The molecule has 1 atom stereocenters. The topological polar surface area (TPSA) is 47.0 Å². The van der Waals surface area contributed by atoms with Crippen molar-refractivity contribution in [3.8, 4) is 0 Å². The molecule has 0 bridgehead atoms. The first-order chi connectivity index (χ1) is 8.63. The number of ether oxygens (including phenoxy) is 1. The van der Waals surface area contributed by atoms with E-state index < -0.39 is 0 Å². The number of rotatable bonds is 5. The van der Waals surface area contributed by atoms with Gasteiger partial charge in [-0.25, -0.2) is 0 Å². The Morgan fingerprint density at radius 2 is 2.17 bits per heavy atom. The van der Waals surface area contributed by atoms with Crippen LogP contribution in [0.5, 0.6) is 0 Å². The third-order valence-electron chi connectivity index (χ3n) is 2.86. The van der Waals surface area contributed by atoms with E-state index in [1.54, 1.807) is 7.11 Å². The van der Waals surface area contributed by atoms with E-state index in [4.69, 9.17) is 16.3 Å². The van der Waals surface area contributed by atoms with Gasteiger partial charge in [0.25, 0.3) is 0 Å². The summed E-state index contributed by atoms with van der Waals surface area (Å²) in [6.07, 6.45) is 0. The summed E-state index contributed by atoms with van der Waals surface area (Å²) in [5, 5.41) is 4.09. The van der Waals surface area contributed by atoms with E-state index in [1.807, 2.05) is 12.1 Å². The standard InChI is InChI=1S/C12H16ClN3OS/c1-7(2)10(6-17-3)14-11-8(13)4-5-9-12(11)16-18-15-9/h4-5,7,10,14H,6H2,1-3H3. The maximum Gasteiger partial charge on any atom is 0.129 e. The van der Waals surface area contributed by atoms with Crippen molar-refractivity contribution < 1.29 is 4.74 Å². The second kappa shape index (κ2) is 5.82. The van der Waals surface area contributed by atoms with Crippen molar-refractivity contribution in [1.82, 2.24) is 8.75 Å². The van der Waals surface area contributed by atoms with Crippen molar-refractivity contribution in [3.05, 3.63) is 17.2 Å². The van der Waals surface area contributed by atoms with Crippen molar-refractivity contribution in [1.29, 1.82) is 0 Å². The van der Waals surface area contributed by atoms with Gasteiger partial charge in [-0.1, -0.05) is 25.4 Å². The van der Waals surface area contributed by atoms with Gasteiger partial charge >= 0.3 is 0 Å². The number of methoxy groups -OCH3 is 1. The van der Waals surface area contributed by atoms with E-state index in [0.717, 1.165) is 16.7 Å². The summed E-state index contributed by atoms with van der Waals surface area (Å²) in [5.41, 5.74) is 2.54. The molecule has 0 aliphatic carbocycles. The molecular weight excluding hydrogens is 270 g/mol. The SMILES string of the molecule is COCC(Nc1c(Cl)ccc2nsnc12)C(C)C. The first kappa shape index (κ1) is 13.5. The number of fused-ring (bicyclic) bond motifs is 1. The van der Waals surface area contributed by atoms with Crippen LogP contribution in [0.2, 0.25) is 5.02 Å². The van der Waals surface area contributed by atoms with Gasteiger partial charge in [-0.15, -0.1) is 0 Å². The largest absolute Gasteiger partial charge is 0.383 e. The molecule has 1 unspecified atom stereocenters. The van der Waals surface area contributed by atoms with Crippen LogP contribution >= 0.6 is 23.3 Å². The van der Waals surface area contributed by atoms with Gasteiger partial charge in [-0.05, 0) is 18.1 Å². The van der Waals surface area contributed by atoms with E-state index in [2.05, 4.69) is 27.9 Å². The van der Waals surface area contributed by atoms with Gasteiger partial charge in [0.2, 0.25) is 0 Å². The molecule has 0 aliphatic rings. The fourth-order valence-corrected chi connectivity index (χ4v) is 2.48. The number of halogens is 1. The Hall–Kier alpha value is -0.910. The highest BCUT2D eigenvalue weighted by molar-refractivity contribution is 7.00. The number of hydrogen-bond acceptors (Lipinski definition) is 5. The lowest BCUT2D eigenvalue weighted by atomic mass is 10.0. The quantitative estimate of drug-likeness (QED) is 0.914. The fraction of sp³-hybridized carbons (Fsp3) is 0.500. The van der Waals surface area contributed by atoms with Crippen molar-refractivity contribution in [2.75, 3.05) is 19.0 Å². The molecule has 2 aromatic rings. The second-order valence-electron chi connectivity index (χ2n) is 4.50. The molecule has 0 aliphatic heterocycles. The normalized spacial score (nSPS) is 13.2. The fourth-order valence-electron chi connectivity index (χ4n) is 1.73. The number of benzene rings is 1. The van der Waals surface area contributed by atoms with Gasteiger partial charge in [-0.3, -0.25) is 0 Å². The Kier molecular flexibility index (Phi) is 4.37. The molecule has 4 nitrogen and oxygen atoms in total. The van der Waals surface area contributed by atoms with Crippen LogP contribution < -0.4 is 5.32 Å². The minimum absolute atomic E-state index is 0.194. The van der Waals surface area contributed by atoms with Gasteiger partial charge in [0.1, 0.15) is 11.0 Å². The van der Waals surface area contributed by atoms with Crippen LogP contribution in [0.3, 0.4) is 0 Å². The average molecular weight is 286 g/mol. The van der Waals surface area contributed by atoms with Gasteiger partial charge in [0.05, 0.1) is 35.1 Å². The zero-order chi connectivity index (χ0) is 13.1. The molecule has 0 radical (unpaired) electrons. The van der Waals surface area contributed by atoms with Crippen LogP contribution in [0.1, 0.15) is 13.8 Å². The molecule has 2 rings (SSSR count). The molecule has 6 heteroatoms. The minimum Gasteiger partial charge on any atom is -0.383 e. The van der Waals surface area contributed by atoms with Crippen molar-refractivity contribution >= 4 is 40.0 Å². The molecule has 0 saturated carbocycles. The molecule has 98 valence electrons. The third-order valence-corrected chi connectivity index (χ3v) is 3.72. The number of anilines is 1. The number of hydrogen-bond donors (Lipinski definition) is 1. The van der Waals surface area contributed by atoms with E-state index in [1.165, 1.54) is 11.7 Å². The Bertz CT molecular complexity index is 529. The lowest BCUT2D eigenvalue weighted by molar-refractivity contribution is 0.171. The van der Waals surface area contributed by atoms with Gasteiger partial charge in [0, 0.05) is 7.11 Å². The molecule has 1 aromatic heterocycles. The molecule has 1 N–H and O–H groups in total. The maximum absolute atomic E-state index is 6.24. The van der Waals surface area contributed by atoms with Crippen LogP contribution in [0.4, 0.5) is 5.69 Å².